The van der Waals surface area contributed by atoms with E-state index in [4.69, 9.17) is 0 Å². The molecule has 160 valence electrons. The number of carbonyl (C=O) groups is 5. The molecule has 0 heterocycles. The van der Waals surface area contributed by atoms with Crippen LogP contribution in [0, 0.1) is 5.92 Å². The van der Waals surface area contributed by atoms with Gasteiger partial charge < -0.3 is 20.3 Å². The molecule has 0 radical (unpaired) electrons. The Kier molecular flexibility index (Phi) is 12.7. The second-order valence-electron chi connectivity index (χ2n) is 7.11. The number of hydrogen-bond donors (Lipinski definition) is 2. The first-order valence-electron chi connectivity index (χ1n) is 9.95. The molecule has 3 amide bonds. The third-order valence-corrected chi connectivity index (χ3v) is 4.59. The van der Waals surface area contributed by atoms with Crippen LogP contribution in [0.25, 0.3) is 0 Å². The van der Waals surface area contributed by atoms with Gasteiger partial charge in [-0.1, -0.05) is 13.8 Å². The number of Topliss-reactive ketones (excluding diaryl/α,β-unsaturated/α-hetero) is 2. The molecular formula is C20H35N3O5. The monoisotopic (exact) mass is 397 g/mol. The van der Waals surface area contributed by atoms with E-state index in [9.17, 15) is 24.0 Å². The standard InChI is InChI=1S/C20H35N3O5/c1-6-16(7-2)20(28)15(4)22-18(26)13-23(5)19(27)11-12-21-17(25)10-8-9-14(3)24/h15-16H,6-13H2,1-5H3,(H,21,25)(H,22,26). The van der Waals surface area contributed by atoms with Crippen molar-refractivity contribution in [3.05, 3.63) is 0 Å². The Bertz CT molecular complexity index is 558. The van der Waals surface area contributed by atoms with E-state index in [1.54, 1.807) is 6.92 Å². The van der Waals surface area contributed by atoms with Crippen molar-refractivity contribution < 1.29 is 24.0 Å². The Hall–Kier alpha value is -2.25. The third-order valence-electron chi connectivity index (χ3n) is 4.59. The van der Waals surface area contributed by atoms with Crippen molar-refractivity contribution in [3.63, 3.8) is 0 Å². The predicted molar refractivity (Wildman–Crippen MR) is 106 cm³/mol. The molecule has 0 aliphatic heterocycles. The summed E-state index contributed by atoms with van der Waals surface area (Å²) < 4.78 is 0. The van der Waals surface area contributed by atoms with Crippen molar-refractivity contribution >= 4 is 29.3 Å². The van der Waals surface area contributed by atoms with Gasteiger partial charge in [0.15, 0.2) is 5.78 Å². The zero-order valence-electron chi connectivity index (χ0n) is 17.8. The van der Waals surface area contributed by atoms with Gasteiger partial charge in [0.05, 0.1) is 12.6 Å². The molecule has 0 aromatic rings. The Morgan fingerprint density at radius 2 is 1.54 bits per heavy atom. The Morgan fingerprint density at radius 3 is 2.07 bits per heavy atom. The SMILES string of the molecule is CCC(CC)C(=O)C(C)NC(=O)CN(C)C(=O)CCNC(=O)CCCC(C)=O. The summed E-state index contributed by atoms with van der Waals surface area (Å²) >= 11 is 0. The van der Waals surface area contributed by atoms with Crippen LogP contribution in [0.5, 0.6) is 0 Å². The topological polar surface area (TPSA) is 113 Å². The maximum atomic E-state index is 12.2. The molecule has 0 aliphatic carbocycles. The van der Waals surface area contributed by atoms with E-state index in [0.717, 1.165) is 12.8 Å². The maximum absolute atomic E-state index is 12.2. The van der Waals surface area contributed by atoms with Gasteiger partial charge in [-0.15, -0.1) is 0 Å². The minimum atomic E-state index is -0.588. The number of ketones is 2. The number of nitrogens with one attached hydrogen (secondary N) is 2. The van der Waals surface area contributed by atoms with E-state index in [1.165, 1.54) is 18.9 Å². The largest absolute Gasteiger partial charge is 0.356 e. The summed E-state index contributed by atoms with van der Waals surface area (Å²) in [4.78, 5) is 60.1. The molecule has 0 aromatic carbocycles. The van der Waals surface area contributed by atoms with E-state index in [0.29, 0.717) is 12.8 Å². The van der Waals surface area contributed by atoms with Crippen LogP contribution in [-0.2, 0) is 24.0 Å². The fraction of sp³-hybridized carbons (Fsp3) is 0.750. The van der Waals surface area contributed by atoms with Crippen LogP contribution < -0.4 is 10.6 Å². The highest BCUT2D eigenvalue weighted by atomic mass is 16.2. The molecule has 0 saturated heterocycles. The quantitative estimate of drug-likeness (QED) is 0.458. The number of amides is 3. The first-order valence-corrected chi connectivity index (χ1v) is 9.95. The zero-order chi connectivity index (χ0) is 21.7. The molecule has 8 heteroatoms. The smallest absolute Gasteiger partial charge is 0.240 e. The molecular weight excluding hydrogens is 362 g/mol. The number of hydrogen-bond acceptors (Lipinski definition) is 5. The predicted octanol–water partition coefficient (Wildman–Crippen LogP) is 1.22. The second-order valence-corrected chi connectivity index (χ2v) is 7.11. The summed E-state index contributed by atoms with van der Waals surface area (Å²) in [6, 6.07) is -0.588. The van der Waals surface area contributed by atoms with Gasteiger partial charge in [0.2, 0.25) is 17.7 Å². The summed E-state index contributed by atoms with van der Waals surface area (Å²) in [6.45, 7) is 7.04. The molecule has 0 aliphatic rings. The van der Waals surface area contributed by atoms with Gasteiger partial charge in [-0.25, -0.2) is 0 Å². The highest BCUT2D eigenvalue weighted by molar-refractivity contribution is 5.92. The van der Waals surface area contributed by atoms with Gasteiger partial charge in [-0.3, -0.25) is 19.2 Å². The Labute approximate surface area is 167 Å². The minimum Gasteiger partial charge on any atom is -0.356 e. The first-order chi connectivity index (χ1) is 13.1. The van der Waals surface area contributed by atoms with Crippen LogP contribution in [0.15, 0.2) is 0 Å². The molecule has 0 saturated carbocycles. The Balaban J connectivity index is 4.19. The molecule has 2 N–H and O–H groups in total. The zero-order valence-corrected chi connectivity index (χ0v) is 17.8. The van der Waals surface area contributed by atoms with Crippen LogP contribution in [0.1, 0.15) is 66.2 Å². The summed E-state index contributed by atoms with van der Waals surface area (Å²) in [6.07, 6.45) is 2.63. The third kappa shape index (κ3) is 10.8. The van der Waals surface area contributed by atoms with Gasteiger partial charge in [0, 0.05) is 38.8 Å². The van der Waals surface area contributed by atoms with Crippen molar-refractivity contribution in [2.75, 3.05) is 20.1 Å². The van der Waals surface area contributed by atoms with Crippen LogP contribution in [0.2, 0.25) is 0 Å². The Morgan fingerprint density at radius 1 is 0.929 bits per heavy atom. The number of rotatable bonds is 14. The lowest BCUT2D eigenvalue weighted by Crippen LogP contribution is -2.46. The molecule has 1 unspecified atom stereocenters. The molecule has 0 aromatic heterocycles. The molecule has 8 nitrogen and oxygen atoms in total. The molecule has 0 rings (SSSR count). The summed E-state index contributed by atoms with van der Waals surface area (Å²) in [7, 11) is 1.50. The second kappa shape index (κ2) is 13.8. The number of nitrogens with zero attached hydrogens (tertiary/aromatic N) is 1. The van der Waals surface area contributed by atoms with Crippen molar-refractivity contribution in [2.24, 2.45) is 5.92 Å². The van der Waals surface area contributed by atoms with E-state index in [1.807, 2.05) is 13.8 Å². The summed E-state index contributed by atoms with van der Waals surface area (Å²) in [5.74, 6) is -0.912. The minimum absolute atomic E-state index is 0.000171. The lowest BCUT2D eigenvalue weighted by atomic mass is 9.94. The van der Waals surface area contributed by atoms with E-state index >= 15 is 0 Å². The normalized spacial score (nSPS) is 11.6. The lowest BCUT2D eigenvalue weighted by Gasteiger charge is -2.21. The van der Waals surface area contributed by atoms with Gasteiger partial charge in [-0.05, 0) is 33.1 Å². The molecule has 0 fully saturated rings. The average molecular weight is 398 g/mol. The van der Waals surface area contributed by atoms with E-state index < -0.39 is 11.9 Å². The molecule has 1 atom stereocenters. The molecule has 0 spiro atoms. The van der Waals surface area contributed by atoms with Crippen LogP contribution >= 0.6 is 0 Å². The molecule has 0 bridgehead atoms. The van der Waals surface area contributed by atoms with Crippen molar-refractivity contribution in [1.82, 2.24) is 15.5 Å². The summed E-state index contributed by atoms with van der Waals surface area (Å²) in [5.41, 5.74) is 0. The van der Waals surface area contributed by atoms with Crippen molar-refractivity contribution in [2.45, 2.75) is 72.3 Å². The fourth-order valence-corrected chi connectivity index (χ4v) is 2.79. The van der Waals surface area contributed by atoms with Crippen LogP contribution in [0.3, 0.4) is 0 Å². The van der Waals surface area contributed by atoms with Gasteiger partial charge >= 0.3 is 0 Å². The van der Waals surface area contributed by atoms with E-state index in [2.05, 4.69) is 10.6 Å². The van der Waals surface area contributed by atoms with Crippen LogP contribution in [-0.4, -0.2) is 60.4 Å². The van der Waals surface area contributed by atoms with Crippen molar-refractivity contribution in [1.29, 1.82) is 0 Å². The summed E-state index contributed by atoms with van der Waals surface area (Å²) in [5, 5.41) is 5.27. The highest BCUT2D eigenvalue weighted by Gasteiger charge is 2.23. The number of carbonyl (C=O) groups excluding carboxylic acids is 5. The van der Waals surface area contributed by atoms with Crippen molar-refractivity contribution in [3.8, 4) is 0 Å². The lowest BCUT2D eigenvalue weighted by molar-refractivity contribution is -0.135. The van der Waals surface area contributed by atoms with Gasteiger partial charge in [0.1, 0.15) is 5.78 Å². The van der Waals surface area contributed by atoms with Gasteiger partial charge in [-0.2, -0.15) is 0 Å². The van der Waals surface area contributed by atoms with Gasteiger partial charge in [0.25, 0.3) is 0 Å². The fourth-order valence-electron chi connectivity index (χ4n) is 2.79. The molecule has 28 heavy (non-hydrogen) atoms. The highest BCUT2D eigenvalue weighted by Crippen LogP contribution is 2.11. The average Bonchev–Trinajstić information content (AvgIpc) is 2.61. The van der Waals surface area contributed by atoms with Crippen LogP contribution in [0.4, 0.5) is 0 Å². The maximum Gasteiger partial charge on any atom is 0.240 e. The van der Waals surface area contributed by atoms with E-state index in [-0.39, 0.29) is 55.2 Å². The first kappa shape index (κ1) is 25.8. The number of likely N-dealkylation sites (N-methyl/N-ethyl adjacent to an activating group) is 1.